The van der Waals surface area contributed by atoms with Crippen LogP contribution in [0.3, 0.4) is 0 Å². The lowest BCUT2D eigenvalue weighted by molar-refractivity contribution is -0.384. The Bertz CT molecular complexity index is 798. The molecule has 0 atom stereocenters. The first-order valence-electron chi connectivity index (χ1n) is 6.64. The Morgan fingerprint density at radius 1 is 1.25 bits per heavy atom. The van der Waals surface area contributed by atoms with Crippen molar-refractivity contribution in [3.8, 4) is 0 Å². The second-order valence-corrected chi connectivity index (χ2v) is 6.29. The van der Waals surface area contributed by atoms with Crippen LogP contribution in [0, 0.1) is 10.1 Å². The molecule has 2 rings (SSSR count). The van der Waals surface area contributed by atoms with E-state index in [2.05, 4.69) is 10.2 Å². The van der Waals surface area contributed by atoms with Gasteiger partial charge in [0.05, 0.1) is 16.2 Å². The molecule has 2 aromatic rings. The summed E-state index contributed by atoms with van der Waals surface area (Å²) < 4.78 is 0. The van der Waals surface area contributed by atoms with Crippen LogP contribution in [-0.4, -0.2) is 16.3 Å². The van der Waals surface area contributed by atoms with Crippen LogP contribution in [0.5, 0.6) is 0 Å². The van der Waals surface area contributed by atoms with Crippen LogP contribution >= 0.6 is 35.0 Å². The molecule has 9 heteroatoms. The largest absolute Gasteiger partial charge is 0.377 e. The molecule has 2 N–H and O–H groups in total. The third kappa shape index (κ3) is 4.95. The van der Waals surface area contributed by atoms with Crippen LogP contribution < -0.4 is 5.73 Å². The zero-order valence-corrected chi connectivity index (χ0v) is 14.6. The van der Waals surface area contributed by atoms with E-state index in [1.165, 1.54) is 30.1 Å². The number of benzene rings is 2. The molecule has 0 unspecified atom stereocenters. The maximum atomic E-state index is 10.9. The van der Waals surface area contributed by atoms with Gasteiger partial charge in [0.1, 0.15) is 5.02 Å². The molecule has 124 valence electrons. The minimum absolute atomic E-state index is 0.0954. The van der Waals surface area contributed by atoms with Gasteiger partial charge in [-0.15, -0.1) is 5.10 Å². The zero-order chi connectivity index (χ0) is 17.5. The first-order valence-corrected chi connectivity index (χ1v) is 8.39. The van der Waals surface area contributed by atoms with Crippen molar-refractivity contribution in [3.63, 3.8) is 0 Å². The number of nitrogens with zero attached hydrogens (tertiary/aromatic N) is 3. The molecule has 0 aromatic heterocycles. The minimum Gasteiger partial charge on any atom is -0.377 e. The number of amidine groups is 1. The van der Waals surface area contributed by atoms with E-state index in [0.717, 1.165) is 5.56 Å². The molecule has 6 nitrogen and oxygen atoms in total. The standard InChI is InChI=1S/C15H12Cl2N4O2S/c16-12-6-7-13(21(22)23)14(17)11(12)8-19-20-15(18)24-9-10-4-2-1-3-5-10/h1-8H,9H2,(H2,18,20). The molecule has 0 aliphatic rings. The van der Waals surface area contributed by atoms with E-state index >= 15 is 0 Å². The first-order chi connectivity index (χ1) is 11.5. The third-order valence-electron chi connectivity index (χ3n) is 2.88. The van der Waals surface area contributed by atoms with Crippen LogP contribution in [-0.2, 0) is 5.75 Å². The molecule has 0 radical (unpaired) electrons. The van der Waals surface area contributed by atoms with Crippen LogP contribution in [0.2, 0.25) is 10.0 Å². The van der Waals surface area contributed by atoms with E-state index in [0.29, 0.717) is 5.75 Å². The lowest BCUT2D eigenvalue weighted by Gasteiger charge is -2.02. The van der Waals surface area contributed by atoms with Gasteiger partial charge in [-0.25, -0.2) is 0 Å². The van der Waals surface area contributed by atoms with E-state index in [-0.39, 0.29) is 26.5 Å². The molecule has 0 fully saturated rings. The summed E-state index contributed by atoms with van der Waals surface area (Å²) in [6, 6.07) is 12.4. The SMILES string of the molecule is NC(=NN=Cc1c(Cl)ccc([N+](=O)[O-])c1Cl)SCc1ccccc1. The maximum Gasteiger partial charge on any atom is 0.288 e. The van der Waals surface area contributed by atoms with Crippen LogP contribution in [0.15, 0.2) is 52.7 Å². The summed E-state index contributed by atoms with van der Waals surface area (Å²) in [7, 11) is 0. The highest BCUT2D eigenvalue weighted by atomic mass is 35.5. The van der Waals surface area contributed by atoms with Gasteiger partial charge < -0.3 is 5.73 Å². The van der Waals surface area contributed by atoms with Gasteiger partial charge in [0.15, 0.2) is 5.17 Å². The van der Waals surface area contributed by atoms with Crippen molar-refractivity contribution in [2.75, 3.05) is 0 Å². The van der Waals surface area contributed by atoms with Gasteiger partial charge in [-0.2, -0.15) is 5.10 Å². The highest BCUT2D eigenvalue weighted by molar-refractivity contribution is 8.13. The zero-order valence-electron chi connectivity index (χ0n) is 12.2. The Morgan fingerprint density at radius 3 is 2.62 bits per heavy atom. The van der Waals surface area contributed by atoms with Crippen molar-refractivity contribution >= 4 is 52.0 Å². The van der Waals surface area contributed by atoms with Crippen molar-refractivity contribution in [3.05, 3.63) is 73.8 Å². The molecule has 0 bridgehead atoms. The lowest BCUT2D eigenvalue weighted by atomic mass is 10.2. The van der Waals surface area contributed by atoms with E-state index in [1.54, 1.807) is 0 Å². The molecule has 0 saturated heterocycles. The molecule has 0 spiro atoms. The molecular weight excluding hydrogens is 371 g/mol. The number of hydrogen-bond donors (Lipinski definition) is 1. The first kappa shape index (κ1) is 18.3. The number of nitro benzene ring substituents is 1. The molecule has 0 aliphatic carbocycles. The summed E-state index contributed by atoms with van der Waals surface area (Å²) in [6.45, 7) is 0. The molecule has 0 aliphatic heterocycles. The summed E-state index contributed by atoms with van der Waals surface area (Å²) in [5.74, 6) is 0.657. The Morgan fingerprint density at radius 2 is 1.96 bits per heavy atom. The van der Waals surface area contributed by atoms with Crippen LogP contribution in [0.1, 0.15) is 11.1 Å². The topological polar surface area (TPSA) is 93.9 Å². The normalized spacial score (nSPS) is 11.8. The van der Waals surface area contributed by atoms with Gasteiger partial charge in [-0.3, -0.25) is 10.1 Å². The van der Waals surface area contributed by atoms with E-state index < -0.39 is 4.92 Å². The molecule has 0 heterocycles. The molecule has 0 amide bonds. The van der Waals surface area contributed by atoms with Crippen molar-refractivity contribution in [2.45, 2.75) is 5.75 Å². The van der Waals surface area contributed by atoms with E-state index in [9.17, 15) is 10.1 Å². The monoisotopic (exact) mass is 382 g/mol. The fraction of sp³-hybridized carbons (Fsp3) is 0.0667. The van der Waals surface area contributed by atoms with Gasteiger partial charge in [0.2, 0.25) is 0 Å². The van der Waals surface area contributed by atoms with Gasteiger partial charge in [-0.05, 0) is 11.6 Å². The Balaban J connectivity index is 2.07. The second kappa shape index (κ2) is 8.68. The highest BCUT2D eigenvalue weighted by Gasteiger charge is 2.17. The lowest BCUT2D eigenvalue weighted by Crippen LogP contribution is -2.06. The van der Waals surface area contributed by atoms with E-state index in [1.807, 2.05) is 30.3 Å². The van der Waals surface area contributed by atoms with Crippen LogP contribution in [0.4, 0.5) is 5.69 Å². The predicted octanol–water partition coefficient (Wildman–Crippen LogP) is 4.48. The average Bonchev–Trinajstić information content (AvgIpc) is 2.56. The molecular formula is C15H12Cl2N4O2S. The number of nitrogens with two attached hydrogens (primary N) is 1. The van der Waals surface area contributed by atoms with Crippen molar-refractivity contribution in [2.24, 2.45) is 15.9 Å². The number of rotatable bonds is 5. The molecule has 0 saturated carbocycles. The number of thioether (sulfide) groups is 1. The van der Waals surface area contributed by atoms with Crippen molar-refractivity contribution < 1.29 is 4.92 Å². The van der Waals surface area contributed by atoms with Gasteiger partial charge in [-0.1, -0.05) is 65.3 Å². The summed E-state index contributed by atoms with van der Waals surface area (Å²) >= 11 is 13.3. The minimum atomic E-state index is -0.594. The van der Waals surface area contributed by atoms with Gasteiger partial charge in [0.25, 0.3) is 5.69 Å². The fourth-order valence-electron chi connectivity index (χ4n) is 1.72. The van der Waals surface area contributed by atoms with Gasteiger partial charge >= 0.3 is 0 Å². The summed E-state index contributed by atoms with van der Waals surface area (Å²) in [5, 5.41) is 18.9. The third-order valence-corrected chi connectivity index (χ3v) is 4.46. The molecule has 24 heavy (non-hydrogen) atoms. The summed E-state index contributed by atoms with van der Waals surface area (Å²) in [6.07, 6.45) is 1.24. The smallest absolute Gasteiger partial charge is 0.288 e. The number of hydrogen-bond acceptors (Lipinski definition) is 5. The Hall–Kier alpha value is -2.09. The Labute approximate surface area is 152 Å². The Kier molecular flexibility index (Phi) is 6.60. The highest BCUT2D eigenvalue weighted by Crippen LogP contribution is 2.31. The number of halogens is 2. The van der Waals surface area contributed by atoms with Gasteiger partial charge in [0, 0.05) is 17.4 Å². The summed E-state index contributed by atoms with van der Waals surface area (Å²) in [5.41, 5.74) is 6.84. The number of nitro groups is 1. The van der Waals surface area contributed by atoms with Crippen molar-refractivity contribution in [1.82, 2.24) is 0 Å². The maximum absolute atomic E-state index is 10.9. The van der Waals surface area contributed by atoms with Crippen molar-refractivity contribution in [1.29, 1.82) is 0 Å². The van der Waals surface area contributed by atoms with E-state index in [4.69, 9.17) is 28.9 Å². The fourth-order valence-corrected chi connectivity index (χ4v) is 2.87. The molecule has 2 aromatic carbocycles. The summed E-state index contributed by atoms with van der Waals surface area (Å²) in [4.78, 5) is 10.3. The quantitative estimate of drug-likeness (QED) is 0.356. The average molecular weight is 383 g/mol. The van der Waals surface area contributed by atoms with Crippen LogP contribution in [0.25, 0.3) is 0 Å². The predicted molar refractivity (Wildman–Crippen MR) is 100 cm³/mol. The second-order valence-electron chi connectivity index (χ2n) is 4.51.